The number of benzene rings is 2. The van der Waals surface area contributed by atoms with Crippen LogP contribution >= 0.6 is 12.0 Å². The Morgan fingerprint density at radius 2 is 1.34 bits per heavy atom. The van der Waals surface area contributed by atoms with Crippen LogP contribution in [0.25, 0.3) is 21.8 Å². The maximum absolute atomic E-state index is 12.0. The van der Waals surface area contributed by atoms with E-state index in [4.69, 9.17) is 0 Å². The van der Waals surface area contributed by atoms with E-state index in [9.17, 15) is 28.4 Å². The molecule has 0 aliphatic rings. The first-order chi connectivity index (χ1) is 22.2. The molecule has 2 aromatic carbocycles. The smallest absolute Gasteiger partial charge is 0.192 e. The van der Waals surface area contributed by atoms with Crippen LogP contribution in [0.3, 0.4) is 0 Å². The van der Waals surface area contributed by atoms with Gasteiger partial charge in [0.2, 0.25) is 0 Å². The minimum absolute atomic E-state index is 0. The van der Waals surface area contributed by atoms with Crippen molar-refractivity contribution in [2.75, 3.05) is 0 Å². The Labute approximate surface area is 278 Å². The standard InChI is InChI=1S/C14H10N4O4S.C13H9N5O4S.Ni/c19-12-5-4-11(17-18-13-3-1-2-6-15-13)14-10(12)7-9(8-16-14)23(20,21)22;19-11-2-1-10(17-18-12-7-14-3-4-15-12)13-9(11)5-8(6-16-13)23-22-21-20;/h1-8,19H,(H,20,21,22);1-7,19-20H;/p-4. The van der Waals surface area contributed by atoms with Crippen LogP contribution in [0, 0.1) is 0 Å². The summed E-state index contributed by atoms with van der Waals surface area (Å²) in [5.74, 6) is -0.00291. The van der Waals surface area contributed by atoms with E-state index in [1.807, 2.05) is 0 Å². The molecule has 242 valence electrons. The maximum Gasteiger partial charge on any atom is 0.192 e. The van der Waals surface area contributed by atoms with Gasteiger partial charge in [-0.1, -0.05) is 29.7 Å². The van der Waals surface area contributed by atoms with Gasteiger partial charge in [-0.3, -0.25) is 20.0 Å². The summed E-state index contributed by atoms with van der Waals surface area (Å²) in [5, 5.41) is 53.1. The Balaban J connectivity index is 0.000000208. The zero-order chi connectivity index (χ0) is 32.5. The van der Waals surface area contributed by atoms with E-state index in [-0.39, 0.29) is 38.8 Å². The molecule has 4 aromatic heterocycles. The first-order valence-corrected chi connectivity index (χ1v) is 14.7. The molecule has 6 rings (SSSR count). The summed E-state index contributed by atoms with van der Waals surface area (Å²) in [6.45, 7) is 0. The fraction of sp³-hybridized carbons (Fsp3) is 0. The van der Waals surface area contributed by atoms with Gasteiger partial charge in [0, 0.05) is 47.5 Å². The van der Waals surface area contributed by atoms with Gasteiger partial charge < -0.3 is 20.0 Å². The van der Waals surface area contributed by atoms with Crippen molar-refractivity contribution in [1.82, 2.24) is 24.9 Å². The molecular formula is C27H15N9NiO8S2-4. The van der Waals surface area contributed by atoms with Crippen molar-refractivity contribution in [1.29, 1.82) is 0 Å². The quantitative estimate of drug-likeness (QED) is 0.0542. The summed E-state index contributed by atoms with van der Waals surface area (Å²) in [6, 6.07) is 13.1. The summed E-state index contributed by atoms with van der Waals surface area (Å²) in [7, 11) is -4.69. The molecule has 0 aliphatic heterocycles. The molecule has 17 nitrogen and oxygen atoms in total. The van der Waals surface area contributed by atoms with Gasteiger partial charge in [-0.15, -0.1) is 20.5 Å². The van der Waals surface area contributed by atoms with Gasteiger partial charge in [0.1, 0.15) is 21.5 Å². The van der Waals surface area contributed by atoms with Gasteiger partial charge in [-0.25, -0.2) is 18.4 Å². The van der Waals surface area contributed by atoms with Crippen LogP contribution in [-0.2, 0) is 36.0 Å². The maximum atomic E-state index is 12.0. The van der Waals surface area contributed by atoms with Gasteiger partial charge in [0.25, 0.3) is 0 Å². The molecule has 0 unspecified atom stereocenters. The van der Waals surface area contributed by atoms with E-state index < -0.39 is 20.8 Å². The van der Waals surface area contributed by atoms with E-state index in [2.05, 4.69) is 54.7 Å². The van der Waals surface area contributed by atoms with Crippen molar-refractivity contribution < 1.29 is 54.3 Å². The molecule has 47 heavy (non-hydrogen) atoms. The predicted molar refractivity (Wildman–Crippen MR) is 153 cm³/mol. The summed E-state index contributed by atoms with van der Waals surface area (Å²) < 4.78 is 37.3. The average Bonchev–Trinajstić information content (AvgIpc) is 3.07. The van der Waals surface area contributed by atoms with Crippen molar-refractivity contribution in [2.45, 2.75) is 9.79 Å². The fourth-order valence-electron chi connectivity index (χ4n) is 3.68. The molecule has 0 spiro atoms. The van der Waals surface area contributed by atoms with E-state index >= 15 is 0 Å². The number of pyridine rings is 3. The topological polar surface area (TPSA) is 259 Å². The minimum Gasteiger partial charge on any atom is -0.872 e. The normalized spacial score (nSPS) is 11.4. The Hall–Kier alpha value is -5.08. The van der Waals surface area contributed by atoms with Crippen LogP contribution in [0.2, 0.25) is 0 Å². The SMILES string of the molecule is O=S(=O)([O-])c1cnc2c(N=Nc3ccccn3)ccc([O-])c2c1.[Ni].[O-]OOSc1cnc2c(N=Nc3cnccn3)ccc([O-])c2c1. The van der Waals surface area contributed by atoms with Gasteiger partial charge >= 0.3 is 0 Å². The first-order valence-electron chi connectivity index (χ1n) is 12.5. The molecular weight excluding hydrogens is 701 g/mol. The Kier molecular flexibility index (Phi) is 11.8. The van der Waals surface area contributed by atoms with E-state index in [0.717, 1.165) is 12.3 Å². The van der Waals surface area contributed by atoms with Crippen molar-refractivity contribution in [3.63, 3.8) is 0 Å². The van der Waals surface area contributed by atoms with E-state index in [1.165, 1.54) is 55.1 Å². The van der Waals surface area contributed by atoms with Crippen molar-refractivity contribution >= 4 is 67.0 Å². The zero-order valence-electron chi connectivity index (χ0n) is 23.1. The second kappa shape index (κ2) is 16.0. The Morgan fingerprint density at radius 1 is 0.702 bits per heavy atom. The molecule has 0 atom stereocenters. The van der Waals surface area contributed by atoms with E-state index in [1.54, 1.807) is 24.4 Å². The average molecular weight is 716 g/mol. The first kappa shape index (κ1) is 34.8. The van der Waals surface area contributed by atoms with Crippen LogP contribution in [0.1, 0.15) is 0 Å². The Bertz CT molecular complexity index is 2170. The summed E-state index contributed by atoms with van der Waals surface area (Å²) in [4.78, 5) is 19.7. The molecule has 0 fully saturated rings. The van der Waals surface area contributed by atoms with Gasteiger partial charge in [0.15, 0.2) is 11.6 Å². The van der Waals surface area contributed by atoms with Crippen LogP contribution < -0.4 is 15.5 Å². The van der Waals surface area contributed by atoms with Gasteiger partial charge in [-0.2, -0.15) is 4.33 Å². The van der Waals surface area contributed by atoms with Crippen LogP contribution in [0.4, 0.5) is 23.0 Å². The number of rotatable bonds is 8. The third kappa shape index (κ3) is 9.02. The molecule has 0 bridgehead atoms. The molecule has 4 heterocycles. The van der Waals surface area contributed by atoms with E-state index in [0.29, 0.717) is 45.2 Å². The molecule has 0 saturated heterocycles. The molecule has 0 aliphatic carbocycles. The third-order valence-corrected chi connectivity index (χ3v) is 7.03. The molecule has 0 amide bonds. The van der Waals surface area contributed by atoms with Crippen LogP contribution in [-0.4, -0.2) is 37.9 Å². The molecule has 0 saturated carbocycles. The third-order valence-electron chi connectivity index (χ3n) is 5.69. The number of hydrogen-bond donors (Lipinski definition) is 0. The van der Waals surface area contributed by atoms with Gasteiger partial charge in [-0.05, 0) is 47.2 Å². The molecule has 0 N–H and O–H groups in total. The van der Waals surface area contributed by atoms with Gasteiger partial charge in [0.05, 0.1) is 39.1 Å². The molecule has 0 radical (unpaired) electrons. The number of nitrogens with zero attached hydrogens (tertiary/aromatic N) is 9. The second-order valence-corrected chi connectivity index (χ2v) is 10.8. The number of fused-ring (bicyclic) bond motifs is 2. The van der Waals surface area contributed by atoms with Crippen molar-refractivity contribution in [3.05, 3.63) is 91.8 Å². The largest absolute Gasteiger partial charge is 0.872 e. The summed E-state index contributed by atoms with van der Waals surface area (Å²) in [5.41, 5.74) is 1.20. The van der Waals surface area contributed by atoms with Crippen LogP contribution in [0.5, 0.6) is 11.5 Å². The fourth-order valence-corrected chi connectivity index (χ4v) is 4.50. The number of azo groups is 2. The minimum atomic E-state index is -4.69. The monoisotopic (exact) mass is 715 g/mol. The molecule has 6 aromatic rings. The second-order valence-electron chi connectivity index (χ2n) is 8.63. The number of hydrogen-bond acceptors (Lipinski definition) is 18. The van der Waals surface area contributed by atoms with Crippen LogP contribution in [0.15, 0.2) is 122 Å². The summed E-state index contributed by atoms with van der Waals surface area (Å²) in [6.07, 6.45) is 8.34. The number of aromatic nitrogens is 5. The molecule has 20 heteroatoms. The van der Waals surface area contributed by atoms with Crippen molar-refractivity contribution in [2.24, 2.45) is 20.5 Å². The Morgan fingerprint density at radius 3 is 1.94 bits per heavy atom. The van der Waals surface area contributed by atoms with Crippen molar-refractivity contribution in [3.8, 4) is 11.5 Å². The predicted octanol–water partition coefficient (Wildman–Crippen LogP) is 3.76. The zero-order valence-corrected chi connectivity index (χ0v) is 25.7. The summed E-state index contributed by atoms with van der Waals surface area (Å²) >= 11 is 0.652.